The Bertz CT molecular complexity index is 777. The van der Waals surface area contributed by atoms with Crippen LogP contribution in [-0.2, 0) is 9.53 Å². The summed E-state index contributed by atoms with van der Waals surface area (Å²) in [4.78, 5) is 21.4. The molecular formula is C17H19N3O4S. The van der Waals surface area contributed by atoms with Crippen LogP contribution in [0.25, 0.3) is 10.2 Å². The molecule has 1 aromatic heterocycles. The third-order valence-corrected chi connectivity index (χ3v) is 5.98. The Morgan fingerprint density at radius 2 is 1.96 bits per heavy atom. The molecule has 5 rings (SSSR count). The van der Waals surface area contributed by atoms with Crippen LogP contribution < -0.4 is 14.4 Å². The van der Waals surface area contributed by atoms with Gasteiger partial charge in [0.05, 0.1) is 23.4 Å². The molecule has 3 aliphatic heterocycles. The maximum absolute atomic E-state index is 12.6. The van der Waals surface area contributed by atoms with Gasteiger partial charge in [0, 0.05) is 31.8 Å². The van der Waals surface area contributed by atoms with E-state index in [0.29, 0.717) is 13.2 Å². The summed E-state index contributed by atoms with van der Waals surface area (Å²) in [6.45, 7) is 3.82. The van der Waals surface area contributed by atoms with Crippen molar-refractivity contribution in [2.45, 2.75) is 18.9 Å². The summed E-state index contributed by atoms with van der Waals surface area (Å²) in [5.41, 5.74) is 0.901. The van der Waals surface area contributed by atoms with Crippen molar-refractivity contribution >= 4 is 32.6 Å². The predicted octanol–water partition coefficient (Wildman–Crippen LogP) is 1.85. The minimum Gasteiger partial charge on any atom is -0.454 e. The molecule has 2 saturated heterocycles. The zero-order valence-electron chi connectivity index (χ0n) is 13.8. The molecule has 25 heavy (non-hydrogen) atoms. The highest BCUT2D eigenvalue weighted by molar-refractivity contribution is 7.22. The number of thiazole rings is 1. The average molecular weight is 361 g/mol. The van der Waals surface area contributed by atoms with Gasteiger partial charge in [0.25, 0.3) is 5.91 Å². The molecule has 0 radical (unpaired) electrons. The lowest BCUT2D eigenvalue weighted by Gasteiger charge is -2.33. The average Bonchev–Trinajstić information content (AvgIpc) is 3.38. The Hall–Kier alpha value is -2.06. The molecule has 1 unspecified atom stereocenters. The Labute approximate surface area is 149 Å². The van der Waals surface area contributed by atoms with E-state index in [1.54, 1.807) is 11.3 Å². The Morgan fingerprint density at radius 1 is 1.16 bits per heavy atom. The van der Waals surface area contributed by atoms with Crippen LogP contribution in [0.5, 0.6) is 11.5 Å². The van der Waals surface area contributed by atoms with Crippen LogP contribution >= 0.6 is 11.3 Å². The normalized spacial score (nSPS) is 22.8. The molecule has 132 valence electrons. The van der Waals surface area contributed by atoms with Crippen molar-refractivity contribution in [3.63, 3.8) is 0 Å². The number of ether oxygens (including phenoxy) is 3. The Balaban J connectivity index is 1.37. The van der Waals surface area contributed by atoms with Crippen molar-refractivity contribution in [1.29, 1.82) is 0 Å². The van der Waals surface area contributed by atoms with Gasteiger partial charge in [-0.2, -0.15) is 0 Å². The van der Waals surface area contributed by atoms with E-state index in [4.69, 9.17) is 19.2 Å². The van der Waals surface area contributed by atoms with E-state index in [-0.39, 0.29) is 12.7 Å². The van der Waals surface area contributed by atoms with E-state index in [9.17, 15) is 4.79 Å². The summed E-state index contributed by atoms with van der Waals surface area (Å²) in [6.07, 6.45) is 1.79. The van der Waals surface area contributed by atoms with Crippen molar-refractivity contribution in [2.24, 2.45) is 0 Å². The van der Waals surface area contributed by atoms with E-state index < -0.39 is 6.10 Å². The van der Waals surface area contributed by atoms with Crippen molar-refractivity contribution in [3.05, 3.63) is 12.1 Å². The summed E-state index contributed by atoms with van der Waals surface area (Å²) < 4.78 is 17.7. The molecule has 1 aromatic carbocycles. The second-order valence-electron chi connectivity index (χ2n) is 6.51. The number of benzene rings is 1. The molecule has 0 aliphatic carbocycles. The number of carbonyl (C=O) groups excluding carboxylic acids is 1. The maximum atomic E-state index is 12.6. The maximum Gasteiger partial charge on any atom is 0.253 e. The molecule has 7 nitrogen and oxygen atoms in total. The van der Waals surface area contributed by atoms with Gasteiger partial charge in [0.15, 0.2) is 22.7 Å². The minimum atomic E-state index is -0.393. The first-order valence-corrected chi connectivity index (χ1v) is 9.45. The zero-order valence-corrected chi connectivity index (χ0v) is 14.6. The summed E-state index contributed by atoms with van der Waals surface area (Å²) in [6, 6.07) is 3.90. The highest BCUT2D eigenvalue weighted by atomic mass is 32.1. The highest BCUT2D eigenvalue weighted by Gasteiger charge is 2.32. The van der Waals surface area contributed by atoms with E-state index in [1.165, 1.54) is 0 Å². The molecule has 0 N–H and O–H groups in total. The second kappa shape index (κ2) is 6.03. The number of morpholine rings is 1. The zero-order chi connectivity index (χ0) is 16.8. The van der Waals surface area contributed by atoms with Crippen LogP contribution in [0.15, 0.2) is 12.1 Å². The van der Waals surface area contributed by atoms with Crippen LogP contribution in [0.4, 0.5) is 5.13 Å². The molecule has 0 saturated carbocycles. The van der Waals surface area contributed by atoms with E-state index >= 15 is 0 Å². The number of amides is 1. The predicted molar refractivity (Wildman–Crippen MR) is 93.5 cm³/mol. The topological polar surface area (TPSA) is 64.1 Å². The van der Waals surface area contributed by atoms with Gasteiger partial charge in [0.2, 0.25) is 6.79 Å². The number of hydrogen-bond donors (Lipinski definition) is 0. The number of aromatic nitrogens is 1. The second-order valence-corrected chi connectivity index (χ2v) is 7.52. The fourth-order valence-electron chi connectivity index (χ4n) is 3.55. The molecule has 8 heteroatoms. The first-order valence-electron chi connectivity index (χ1n) is 8.63. The Kier molecular flexibility index (Phi) is 3.67. The molecule has 0 spiro atoms. The summed E-state index contributed by atoms with van der Waals surface area (Å²) in [5, 5.41) is 0.918. The number of carbonyl (C=O) groups is 1. The van der Waals surface area contributed by atoms with Gasteiger partial charge in [0.1, 0.15) is 0 Å². The summed E-state index contributed by atoms with van der Waals surface area (Å²) in [7, 11) is 0. The van der Waals surface area contributed by atoms with Crippen LogP contribution in [0.2, 0.25) is 0 Å². The lowest BCUT2D eigenvalue weighted by atomic mass is 10.2. The molecule has 2 aromatic rings. The minimum absolute atomic E-state index is 0.115. The van der Waals surface area contributed by atoms with Crippen LogP contribution in [0, 0.1) is 0 Å². The largest absolute Gasteiger partial charge is 0.454 e. The number of likely N-dealkylation sites (tertiary alicyclic amines) is 1. The van der Waals surface area contributed by atoms with Gasteiger partial charge in [-0.15, -0.1) is 0 Å². The fraction of sp³-hybridized carbons (Fsp3) is 0.529. The van der Waals surface area contributed by atoms with E-state index in [2.05, 4.69) is 4.90 Å². The van der Waals surface area contributed by atoms with Gasteiger partial charge < -0.3 is 24.0 Å². The van der Waals surface area contributed by atoms with Crippen LogP contribution in [0.1, 0.15) is 12.8 Å². The molecular weight excluding hydrogens is 342 g/mol. The molecule has 0 bridgehead atoms. The van der Waals surface area contributed by atoms with Crippen molar-refractivity contribution < 1.29 is 19.0 Å². The van der Waals surface area contributed by atoms with Gasteiger partial charge in [-0.05, 0) is 12.8 Å². The quantitative estimate of drug-likeness (QED) is 0.814. The first kappa shape index (κ1) is 15.2. The van der Waals surface area contributed by atoms with E-state index in [0.717, 1.165) is 59.3 Å². The summed E-state index contributed by atoms with van der Waals surface area (Å²) in [5.74, 6) is 1.63. The molecule has 3 aliphatic rings. The standard InChI is InChI=1S/C17H19N3O4S/c21-16(19-3-1-2-4-19)14-9-20(5-6-22-14)17-18-11-7-12-13(24-10-23-12)8-15(11)25-17/h7-8,14H,1-6,9-10H2. The van der Waals surface area contributed by atoms with Gasteiger partial charge >= 0.3 is 0 Å². The first-order chi connectivity index (χ1) is 12.3. The molecule has 2 fully saturated rings. The smallest absolute Gasteiger partial charge is 0.253 e. The number of hydrogen-bond acceptors (Lipinski definition) is 7. The lowest BCUT2D eigenvalue weighted by Crippen LogP contribution is -2.50. The van der Waals surface area contributed by atoms with Gasteiger partial charge in [-0.25, -0.2) is 4.98 Å². The summed E-state index contributed by atoms with van der Waals surface area (Å²) >= 11 is 1.61. The van der Waals surface area contributed by atoms with Crippen LogP contribution in [-0.4, -0.2) is 61.5 Å². The van der Waals surface area contributed by atoms with Crippen LogP contribution in [0.3, 0.4) is 0 Å². The fourth-order valence-corrected chi connectivity index (χ4v) is 4.57. The number of nitrogens with zero attached hydrogens (tertiary/aromatic N) is 3. The van der Waals surface area contributed by atoms with Crippen molar-refractivity contribution in [2.75, 3.05) is 44.5 Å². The van der Waals surface area contributed by atoms with Crippen molar-refractivity contribution in [1.82, 2.24) is 9.88 Å². The molecule has 1 atom stereocenters. The lowest BCUT2D eigenvalue weighted by molar-refractivity contribution is -0.143. The van der Waals surface area contributed by atoms with E-state index in [1.807, 2.05) is 17.0 Å². The highest BCUT2D eigenvalue weighted by Crippen LogP contribution is 2.40. The SMILES string of the molecule is O=C(C1CN(c2nc3cc4c(cc3s2)OCO4)CCO1)N1CCCC1. The molecule has 4 heterocycles. The van der Waals surface area contributed by atoms with Gasteiger partial charge in [-0.1, -0.05) is 11.3 Å². The monoisotopic (exact) mass is 361 g/mol. The number of rotatable bonds is 2. The number of anilines is 1. The molecule has 1 amide bonds. The van der Waals surface area contributed by atoms with Crippen molar-refractivity contribution in [3.8, 4) is 11.5 Å². The Morgan fingerprint density at radius 3 is 2.80 bits per heavy atom. The van der Waals surface area contributed by atoms with Gasteiger partial charge in [-0.3, -0.25) is 4.79 Å². The third kappa shape index (κ3) is 2.69. The third-order valence-electron chi connectivity index (χ3n) is 4.90. The number of fused-ring (bicyclic) bond motifs is 2.